The zero-order valence-electron chi connectivity index (χ0n) is 23.8. The number of para-hydroxylation sites is 1. The van der Waals surface area contributed by atoms with Crippen molar-refractivity contribution in [2.45, 2.75) is 56.9 Å². The van der Waals surface area contributed by atoms with Gasteiger partial charge in [0.2, 0.25) is 0 Å². The van der Waals surface area contributed by atoms with Crippen molar-refractivity contribution in [1.82, 2.24) is 19.7 Å². The van der Waals surface area contributed by atoms with E-state index in [1.807, 2.05) is 0 Å². The number of hydrogen-bond acceptors (Lipinski definition) is 11. The van der Waals surface area contributed by atoms with Crippen molar-refractivity contribution in [3.05, 3.63) is 54.5 Å². The number of anilines is 1. The summed E-state index contributed by atoms with van der Waals surface area (Å²) in [5.74, 6) is -1.12. The predicted molar refractivity (Wildman–Crippen MR) is 146 cm³/mol. The van der Waals surface area contributed by atoms with Crippen LogP contribution in [-0.4, -0.2) is 80.7 Å². The highest BCUT2D eigenvalue weighted by Gasteiger charge is 2.57. The first-order valence-corrected chi connectivity index (χ1v) is 14.8. The van der Waals surface area contributed by atoms with E-state index in [0.29, 0.717) is 5.52 Å². The molecule has 18 heteroatoms. The minimum absolute atomic E-state index is 0.0147. The molecule has 5 N–H and O–H groups in total. The molecule has 0 aliphatic carbocycles. The van der Waals surface area contributed by atoms with Crippen molar-refractivity contribution < 1.29 is 55.7 Å². The molecule has 0 radical (unpaired) electrons. The van der Waals surface area contributed by atoms with Gasteiger partial charge in [0.05, 0.1) is 17.7 Å². The molecule has 44 heavy (non-hydrogen) atoms. The van der Waals surface area contributed by atoms with E-state index in [4.69, 9.17) is 24.3 Å². The Morgan fingerprint density at radius 1 is 1.23 bits per heavy atom. The van der Waals surface area contributed by atoms with Crippen LogP contribution in [0, 0.1) is 5.41 Å². The Labute approximate surface area is 248 Å². The van der Waals surface area contributed by atoms with Crippen molar-refractivity contribution in [3.8, 4) is 5.75 Å². The van der Waals surface area contributed by atoms with E-state index < -0.39 is 75.2 Å². The van der Waals surface area contributed by atoms with Gasteiger partial charge in [0.25, 0.3) is 0 Å². The summed E-state index contributed by atoms with van der Waals surface area (Å²) in [4.78, 5) is 16.4. The maximum atomic E-state index is 14.6. The molecule has 0 bridgehead atoms. The molecule has 13 nitrogen and oxygen atoms in total. The maximum absolute atomic E-state index is 14.6. The number of nitrogens with two attached hydrogens (primary N) is 1. The van der Waals surface area contributed by atoms with E-state index in [1.165, 1.54) is 40.9 Å². The quantitative estimate of drug-likeness (QED) is 0.128. The number of rotatable bonds is 12. The highest BCUT2D eigenvalue weighted by Crippen LogP contribution is 2.49. The number of fused-ring (bicyclic) bond motifs is 1. The summed E-state index contributed by atoms with van der Waals surface area (Å²) >= 11 is 0. The first-order chi connectivity index (χ1) is 20.5. The van der Waals surface area contributed by atoms with Crippen LogP contribution in [0.1, 0.15) is 32.6 Å². The molecule has 3 heterocycles. The van der Waals surface area contributed by atoms with E-state index in [-0.39, 0.29) is 17.3 Å². The average Bonchev–Trinajstić information content (AvgIpc) is 3.50. The Bertz CT molecular complexity index is 1510. The smallest absolute Gasteiger partial charge is 0.459 e. The summed E-state index contributed by atoms with van der Waals surface area (Å²) in [6, 6.07) is 8.94. The molecule has 1 fully saturated rings. The lowest BCUT2D eigenvalue weighted by Gasteiger charge is -2.31. The second kappa shape index (κ2) is 12.6. The van der Waals surface area contributed by atoms with Gasteiger partial charge in [-0.05, 0) is 45.0 Å². The summed E-state index contributed by atoms with van der Waals surface area (Å²) in [6.07, 6.45) is -8.50. The number of ether oxygens (including phenoxy) is 2. The van der Waals surface area contributed by atoms with Gasteiger partial charge in [0, 0.05) is 0 Å². The summed E-state index contributed by atoms with van der Waals surface area (Å²) in [5.41, 5.74) is 1.74. The van der Waals surface area contributed by atoms with E-state index >= 15 is 0 Å². The zero-order valence-corrected chi connectivity index (χ0v) is 24.7. The first-order valence-electron chi connectivity index (χ1n) is 13.2. The number of nitrogens with zero attached hydrogens (tertiary/aromatic N) is 3. The normalized spacial score (nSPS) is 24.6. The van der Waals surface area contributed by atoms with Gasteiger partial charge in [-0.15, -0.1) is 0 Å². The Kier molecular flexibility index (Phi) is 9.59. The highest BCUT2D eigenvalue weighted by molar-refractivity contribution is 7.52. The summed E-state index contributed by atoms with van der Waals surface area (Å²) in [7, 11) is -4.68. The molecule has 1 aliphatic heterocycles. The molecule has 1 saturated heterocycles. The van der Waals surface area contributed by atoms with Crippen molar-refractivity contribution in [2.75, 3.05) is 25.6 Å². The van der Waals surface area contributed by atoms with Crippen LogP contribution in [0.4, 0.5) is 23.4 Å². The summed E-state index contributed by atoms with van der Waals surface area (Å²) < 4.78 is 91.0. The minimum Gasteiger partial charge on any atom is -0.464 e. The first kappa shape index (κ1) is 33.6. The molecule has 4 rings (SSSR count). The molecule has 0 amide bonds. The van der Waals surface area contributed by atoms with Crippen molar-refractivity contribution >= 4 is 25.1 Å². The average molecular weight is 650 g/mol. The van der Waals surface area contributed by atoms with E-state index in [0.717, 1.165) is 27.1 Å². The molecule has 0 saturated carbocycles. The van der Waals surface area contributed by atoms with E-state index in [2.05, 4.69) is 15.2 Å². The van der Waals surface area contributed by atoms with Gasteiger partial charge in [0.15, 0.2) is 5.82 Å². The lowest BCUT2D eigenvalue weighted by Crippen LogP contribution is -2.49. The number of hydrogen-bond donors (Lipinski definition) is 4. The van der Waals surface area contributed by atoms with Crippen molar-refractivity contribution in [2.24, 2.45) is 5.41 Å². The van der Waals surface area contributed by atoms with Crippen molar-refractivity contribution in [1.29, 1.82) is 0 Å². The lowest BCUT2D eigenvalue weighted by molar-refractivity contribution is -0.226. The zero-order chi connectivity index (χ0) is 32.5. The van der Waals surface area contributed by atoms with E-state index in [1.54, 1.807) is 6.07 Å². The maximum Gasteiger partial charge on any atom is 0.459 e. The number of halogens is 4. The summed E-state index contributed by atoms with van der Waals surface area (Å²) in [6.45, 7) is -0.606. The topological polar surface area (TPSA) is 180 Å². The van der Waals surface area contributed by atoms with Crippen LogP contribution < -0.4 is 15.3 Å². The van der Waals surface area contributed by atoms with Crippen LogP contribution in [0.2, 0.25) is 0 Å². The lowest BCUT2D eigenvalue weighted by atomic mass is 9.94. The Morgan fingerprint density at radius 2 is 1.91 bits per heavy atom. The van der Waals surface area contributed by atoms with Gasteiger partial charge < -0.3 is 29.9 Å². The van der Waals surface area contributed by atoms with Gasteiger partial charge in [0.1, 0.15) is 60.8 Å². The number of aromatic nitrogens is 3. The number of esters is 1. The third-order valence-electron chi connectivity index (χ3n) is 7.06. The van der Waals surface area contributed by atoms with Crippen LogP contribution >= 0.6 is 7.75 Å². The molecule has 3 aromatic rings. The van der Waals surface area contributed by atoms with Gasteiger partial charge in [-0.2, -0.15) is 23.4 Å². The number of aliphatic hydroxyl groups is 2. The van der Waals surface area contributed by atoms with Crippen LogP contribution in [0.15, 0.2) is 48.8 Å². The van der Waals surface area contributed by atoms with Gasteiger partial charge in [-0.25, -0.2) is 18.5 Å². The number of carbonyl (C=O) groups excluding carboxylic acids is 1. The fourth-order valence-electron chi connectivity index (χ4n) is 4.21. The third-order valence-corrected chi connectivity index (χ3v) is 8.68. The number of nitrogen functional groups attached to an aromatic ring is 1. The van der Waals surface area contributed by atoms with E-state index in [9.17, 15) is 37.1 Å². The minimum atomic E-state index is -4.68. The second-order valence-electron chi connectivity index (χ2n) is 10.9. The largest absolute Gasteiger partial charge is 0.464 e. The van der Waals surface area contributed by atoms with Gasteiger partial charge >= 0.3 is 19.9 Å². The summed E-state index contributed by atoms with van der Waals surface area (Å²) in [5, 5.41) is 28.1. The van der Waals surface area contributed by atoms with Gasteiger partial charge in [-0.3, -0.25) is 9.32 Å². The Hall–Kier alpha value is -3.34. The van der Waals surface area contributed by atoms with Crippen LogP contribution in [-0.2, 0) is 23.4 Å². The molecule has 242 valence electrons. The number of benzene rings is 1. The predicted octanol–water partition coefficient (Wildman–Crippen LogP) is 3.13. The van der Waals surface area contributed by atoms with Crippen molar-refractivity contribution in [3.63, 3.8) is 0 Å². The SMILES string of the molecule is C[C@H](NP(=O)(OC[C@@]1(CF)O[C@@H](c2ccc3c(N)ncnn23)[C@H](O)[C@@H]1O)Oc1ccccc1)C(=O)OCC(C)(C)C(F)(F)F. The molecule has 0 spiro atoms. The standard InChI is InChI=1S/C26H32F4N5O8P/c1-15(23(38)40-12-24(2,3)26(28,29)30)34-44(39,43-16-7-5-4-6-8-16)41-13-25(11-27)21(37)19(36)20(42-25)17-9-10-18-22(31)32-14-33-35(17)18/h4-10,14-15,19-21,36-37H,11-13H2,1-3H3,(H,34,39)(H2,31,32,33)/t15-,19-,20-,21-,25+,44?/m0/s1. The van der Waals surface area contributed by atoms with Crippen LogP contribution in [0.3, 0.4) is 0 Å². The molecule has 6 atom stereocenters. The molecule has 1 unspecified atom stereocenters. The molecular formula is C26H32F4N5O8P. The fourth-order valence-corrected chi connectivity index (χ4v) is 5.76. The highest BCUT2D eigenvalue weighted by atomic mass is 31.2. The second-order valence-corrected chi connectivity index (χ2v) is 12.6. The molecule has 1 aromatic carbocycles. The molecular weight excluding hydrogens is 617 g/mol. The fraction of sp³-hybridized carbons (Fsp3) is 0.500. The van der Waals surface area contributed by atoms with Crippen LogP contribution in [0.5, 0.6) is 5.75 Å². The number of alkyl halides is 4. The number of nitrogens with one attached hydrogen (secondary N) is 1. The Morgan fingerprint density at radius 3 is 2.55 bits per heavy atom. The monoisotopic (exact) mass is 649 g/mol. The molecule has 2 aromatic heterocycles. The van der Waals surface area contributed by atoms with Gasteiger partial charge in [-0.1, -0.05) is 18.2 Å². The van der Waals surface area contributed by atoms with Crippen LogP contribution in [0.25, 0.3) is 5.52 Å². The number of aliphatic hydroxyl groups excluding tert-OH is 2. The Balaban J connectivity index is 1.54. The molecule has 1 aliphatic rings. The third kappa shape index (κ3) is 6.82. The number of carbonyl (C=O) groups is 1.